The van der Waals surface area contributed by atoms with Crippen LogP contribution in [-0.2, 0) is 7.05 Å². The van der Waals surface area contributed by atoms with E-state index in [4.69, 9.17) is 0 Å². The highest BCUT2D eigenvalue weighted by molar-refractivity contribution is 6.04. The number of amides is 1. The van der Waals surface area contributed by atoms with Crippen LogP contribution in [0.2, 0.25) is 0 Å². The van der Waals surface area contributed by atoms with Gasteiger partial charge in [0, 0.05) is 54.5 Å². The number of aryl methyl sites for hydroxylation is 1. The zero-order chi connectivity index (χ0) is 23.1. The molecule has 172 valence electrons. The first-order chi connectivity index (χ1) is 16.6. The molecule has 0 bridgehead atoms. The van der Waals surface area contributed by atoms with E-state index < -0.39 is 0 Å². The second kappa shape index (κ2) is 8.18. The summed E-state index contributed by atoms with van der Waals surface area (Å²) in [6, 6.07) is 7.48. The fourth-order valence-corrected chi connectivity index (χ4v) is 4.99. The third kappa shape index (κ3) is 3.77. The largest absolute Gasteiger partial charge is 0.355 e. The molecular weight excluding hydrogens is 428 g/mol. The van der Waals surface area contributed by atoms with Gasteiger partial charge in [-0.05, 0) is 50.2 Å². The van der Waals surface area contributed by atoms with Crippen LogP contribution in [0.5, 0.6) is 0 Å². The highest BCUT2D eigenvalue weighted by Gasteiger charge is 2.43. The Morgan fingerprint density at radius 2 is 1.91 bits per heavy atom. The summed E-state index contributed by atoms with van der Waals surface area (Å²) < 4.78 is 1.94. The Morgan fingerprint density at radius 1 is 1.06 bits per heavy atom. The van der Waals surface area contributed by atoms with Crippen LogP contribution in [0.1, 0.15) is 23.2 Å². The van der Waals surface area contributed by atoms with Crippen LogP contribution in [0.15, 0.2) is 55.4 Å². The molecule has 2 N–H and O–H groups in total. The number of imidazole rings is 1. The Balaban J connectivity index is 1.19. The van der Waals surface area contributed by atoms with Gasteiger partial charge < -0.3 is 20.1 Å². The third-order valence-electron chi connectivity index (χ3n) is 6.97. The van der Waals surface area contributed by atoms with E-state index in [9.17, 15) is 4.79 Å². The van der Waals surface area contributed by atoms with Crippen molar-refractivity contribution in [3.05, 3.63) is 60.9 Å². The first-order valence-electron chi connectivity index (χ1n) is 11.5. The molecule has 0 saturated carbocycles. The van der Waals surface area contributed by atoms with Gasteiger partial charge in [-0.2, -0.15) is 0 Å². The van der Waals surface area contributed by atoms with Crippen LogP contribution < -0.4 is 15.5 Å². The van der Waals surface area contributed by atoms with Gasteiger partial charge in [0.2, 0.25) is 0 Å². The smallest absolute Gasteiger partial charge is 0.257 e. The van der Waals surface area contributed by atoms with E-state index in [1.54, 1.807) is 31.0 Å². The van der Waals surface area contributed by atoms with Gasteiger partial charge in [-0.25, -0.2) is 15.0 Å². The summed E-state index contributed by atoms with van der Waals surface area (Å²) in [5.41, 5.74) is 3.66. The average Bonchev–Trinajstić information content (AvgIpc) is 3.28. The summed E-state index contributed by atoms with van der Waals surface area (Å²) in [5.74, 6) is 1.13. The minimum Gasteiger partial charge on any atom is -0.355 e. The number of nitrogens with one attached hydrogen (secondary N) is 2. The van der Waals surface area contributed by atoms with Crippen LogP contribution in [0.3, 0.4) is 0 Å². The lowest BCUT2D eigenvalue weighted by Gasteiger charge is -2.53. The number of pyridine rings is 3. The fourth-order valence-electron chi connectivity index (χ4n) is 4.99. The number of aromatic nitrogens is 5. The van der Waals surface area contributed by atoms with E-state index >= 15 is 0 Å². The lowest BCUT2D eigenvalue weighted by Crippen LogP contribution is -2.60. The van der Waals surface area contributed by atoms with Crippen molar-refractivity contribution in [1.29, 1.82) is 0 Å². The Bertz CT molecular complexity index is 1370. The Labute approximate surface area is 197 Å². The molecule has 4 aromatic heterocycles. The number of nitrogens with zero attached hydrogens (tertiary/aromatic N) is 6. The molecular formula is C25H26N8O. The lowest BCUT2D eigenvalue weighted by atomic mass is 9.72. The number of carbonyl (C=O) groups is 1. The van der Waals surface area contributed by atoms with Gasteiger partial charge in [-0.3, -0.25) is 9.78 Å². The lowest BCUT2D eigenvalue weighted by molar-refractivity contribution is 0.102. The molecule has 1 spiro atoms. The molecule has 0 aromatic carbocycles. The molecule has 6 rings (SSSR count). The fraction of sp³-hybridized carbons (Fsp3) is 0.320. The van der Waals surface area contributed by atoms with Gasteiger partial charge in [-0.1, -0.05) is 0 Å². The molecule has 0 unspecified atom stereocenters. The van der Waals surface area contributed by atoms with Crippen molar-refractivity contribution in [2.75, 3.05) is 36.4 Å². The molecule has 0 aliphatic carbocycles. The normalized spacial score (nSPS) is 17.0. The van der Waals surface area contributed by atoms with Gasteiger partial charge in [0.15, 0.2) is 0 Å². The van der Waals surface area contributed by atoms with Gasteiger partial charge >= 0.3 is 0 Å². The van der Waals surface area contributed by atoms with E-state index in [2.05, 4.69) is 35.5 Å². The molecule has 34 heavy (non-hydrogen) atoms. The Kier molecular flexibility index (Phi) is 4.99. The van der Waals surface area contributed by atoms with Gasteiger partial charge in [0.05, 0.1) is 29.9 Å². The second-order valence-electron chi connectivity index (χ2n) is 9.34. The van der Waals surface area contributed by atoms with Gasteiger partial charge in [0.25, 0.3) is 5.91 Å². The standard InChI is InChI=1S/C25H26N8O/c1-32-16-27-13-21(32)19-8-18-9-22(30-12-20(18)29-11-19)31-24(34)17-2-5-28-23(10-17)33-14-25(15-33)3-6-26-7-4-25/h2,5,8-13,16,26H,3-4,6-7,14-15H2,1H3,(H,30,31,34). The monoisotopic (exact) mass is 454 g/mol. The maximum atomic E-state index is 13.0. The summed E-state index contributed by atoms with van der Waals surface area (Å²) in [6.07, 6.45) is 11.2. The summed E-state index contributed by atoms with van der Waals surface area (Å²) in [4.78, 5) is 32.8. The Morgan fingerprint density at radius 3 is 2.71 bits per heavy atom. The van der Waals surface area contributed by atoms with Crippen molar-refractivity contribution in [2.24, 2.45) is 12.5 Å². The van der Waals surface area contributed by atoms with E-state index in [1.165, 1.54) is 12.8 Å². The molecule has 9 heteroatoms. The second-order valence-corrected chi connectivity index (χ2v) is 9.34. The number of anilines is 2. The van der Waals surface area contributed by atoms with Gasteiger partial charge in [-0.15, -0.1) is 0 Å². The highest BCUT2D eigenvalue weighted by atomic mass is 16.1. The van der Waals surface area contributed by atoms with Crippen LogP contribution >= 0.6 is 0 Å². The number of carbonyl (C=O) groups excluding carboxylic acids is 1. The van der Waals surface area contributed by atoms with E-state index in [1.807, 2.05) is 36.0 Å². The third-order valence-corrected chi connectivity index (χ3v) is 6.97. The molecule has 0 radical (unpaired) electrons. The summed E-state index contributed by atoms with van der Waals surface area (Å²) in [7, 11) is 1.94. The molecule has 4 aromatic rings. The minimum atomic E-state index is -0.205. The average molecular weight is 455 g/mol. The molecule has 2 aliphatic heterocycles. The number of rotatable bonds is 4. The van der Waals surface area contributed by atoms with E-state index in [-0.39, 0.29) is 5.91 Å². The number of hydrogen-bond donors (Lipinski definition) is 2. The van der Waals surface area contributed by atoms with Gasteiger partial charge in [0.1, 0.15) is 11.6 Å². The highest BCUT2D eigenvalue weighted by Crippen LogP contribution is 2.40. The van der Waals surface area contributed by atoms with Crippen LogP contribution in [-0.4, -0.2) is 56.6 Å². The maximum absolute atomic E-state index is 13.0. The summed E-state index contributed by atoms with van der Waals surface area (Å²) >= 11 is 0. The van der Waals surface area contributed by atoms with Crippen LogP contribution in [0, 0.1) is 5.41 Å². The SMILES string of the molecule is Cn1cncc1-c1cnc2cnc(NC(=O)c3ccnc(N4CC5(CCNCC5)C4)c3)cc2c1. The number of piperidine rings is 1. The molecule has 2 saturated heterocycles. The minimum absolute atomic E-state index is 0.205. The van der Waals surface area contributed by atoms with Crippen LogP contribution in [0.4, 0.5) is 11.6 Å². The first kappa shape index (κ1) is 20.7. The van der Waals surface area contributed by atoms with Crippen molar-refractivity contribution in [2.45, 2.75) is 12.8 Å². The predicted octanol–water partition coefficient (Wildman–Crippen LogP) is 2.87. The van der Waals surface area contributed by atoms with Crippen molar-refractivity contribution >= 4 is 28.4 Å². The summed E-state index contributed by atoms with van der Waals surface area (Å²) in [6.45, 7) is 4.18. The molecule has 2 aliphatic rings. The van der Waals surface area contributed by atoms with E-state index in [0.717, 1.165) is 54.2 Å². The van der Waals surface area contributed by atoms with Crippen molar-refractivity contribution in [3.63, 3.8) is 0 Å². The van der Waals surface area contributed by atoms with Crippen molar-refractivity contribution in [1.82, 2.24) is 29.8 Å². The molecule has 6 heterocycles. The topological polar surface area (TPSA) is 101 Å². The maximum Gasteiger partial charge on any atom is 0.257 e. The Hall–Kier alpha value is -3.85. The molecule has 0 atom stereocenters. The molecule has 2 fully saturated rings. The zero-order valence-corrected chi connectivity index (χ0v) is 19.0. The van der Waals surface area contributed by atoms with Crippen LogP contribution in [0.25, 0.3) is 22.2 Å². The van der Waals surface area contributed by atoms with Crippen molar-refractivity contribution < 1.29 is 4.79 Å². The zero-order valence-electron chi connectivity index (χ0n) is 19.0. The predicted molar refractivity (Wildman–Crippen MR) is 131 cm³/mol. The number of fused-ring (bicyclic) bond motifs is 1. The summed E-state index contributed by atoms with van der Waals surface area (Å²) in [5, 5.41) is 7.25. The van der Waals surface area contributed by atoms with E-state index in [0.29, 0.717) is 16.8 Å². The first-order valence-corrected chi connectivity index (χ1v) is 11.5. The quantitative estimate of drug-likeness (QED) is 0.489. The molecule has 9 nitrogen and oxygen atoms in total. The van der Waals surface area contributed by atoms with Crippen molar-refractivity contribution in [3.8, 4) is 11.3 Å². The number of hydrogen-bond acceptors (Lipinski definition) is 7. The molecule has 1 amide bonds.